The molecule has 2 rings (SSSR count). The molecule has 13 heavy (non-hydrogen) atoms. The van der Waals surface area contributed by atoms with Gasteiger partial charge >= 0.3 is 0 Å². The van der Waals surface area contributed by atoms with E-state index in [1.165, 1.54) is 5.69 Å². The van der Waals surface area contributed by atoms with Gasteiger partial charge in [0.25, 0.3) is 0 Å². The predicted octanol–water partition coefficient (Wildman–Crippen LogP) is 1.66. The second-order valence-electron chi connectivity index (χ2n) is 3.74. The number of carbonyl (C=O) groups excluding carboxylic acids is 1. The Kier molecular flexibility index (Phi) is 1.94. The van der Waals surface area contributed by atoms with Gasteiger partial charge in [-0.1, -0.05) is 0 Å². The van der Waals surface area contributed by atoms with Gasteiger partial charge in [-0.25, -0.2) is 0 Å². The van der Waals surface area contributed by atoms with E-state index in [2.05, 4.69) is 11.2 Å². The van der Waals surface area contributed by atoms with Crippen molar-refractivity contribution in [3.05, 3.63) is 17.5 Å². The smallest absolute Gasteiger partial charge is 0.154 e. The topological polar surface area (TPSA) is 34.9 Å². The van der Waals surface area contributed by atoms with Crippen LogP contribution in [0.3, 0.4) is 0 Å². The minimum Gasteiger partial charge on any atom is -0.298 e. The van der Waals surface area contributed by atoms with Gasteiger partial charge in [0.05, 0.1) is 5.69 Å². The number of ketones is 1. The van der Waals surface area contributed by atoms with Gasteiger partial charge in [0.1, 0.15) is 6.04 Å². The molecule has 1 aliphatic rings. The highest BCUT2D eigenvalue weighted by Gasteiger charge is 2.24. The number of aryl methyl sites for hydroxylation is 2. The number of hydrogen-bond donors (Lipinski definition) is 0. The molecule has 70 valence electrons. The van der Waals surface area contributed by atoms with Crippen LogP contribution in [-0.4, -0.2) is 15.6 Å². The Balaban J connectivity index is 2.41. The SMILES string of the molecule is CC(=O)C1CCCc2cc(C)nn21. The predicted molar refractivity (Wildman–Crippen MR) is 49.6 cm³/mol. The fourth-order valence-electron chi connectivity index (χ4n) is 2.00. The van der Waals surface area contributed by atoms with Crippen LogP contribution in [0.2, 0.25) is 0 Å². The normalized spacial score (nSPS) is 21.2. The zero-order chi connectivity index (χ0) is 9.42. The lowest BCUT2D eigenvalue weighted by atomic mass is 10.0. The molecule has 1 atom stereocenters. The van der Waals surface area contributed by atoms with Crippen molar-refractivity contribution in [1.29, 1.82) is 0 Å². The number of hydrogen-bond acceptors (Lipinski definition) is 2. The molecule has 1 aromatic rings. The summed E-state index contributed by atoms with van der Waals surface area (Å²) in [4.78, 5) is 11.3. The summed E-state index contributed by atoms with van der Waals surface area (Å²) in [6.45, 7) is 3.62. The molecule has 1 unspecified atom stereocenters. The molecule has 1 aliphatic heterocycles. The second-order valence-corrected chi connectivity index (χ2v) is 3.74. The lowest BCUT2D eigenvalue weighted by Gasteiger charge is -2.21. The van der Waals surface area contributed by atoms with Crippen molar-refractivity contribution in [3.63, 3.8) is 0 Å². The maximum Gasteiger partial charge on any atom is 0.154 e. The van der Waals surface area contributed by atoms with Gasteiger partial charge < -0.3 is 0 Å². The van der Waals surface area contributed by atoms with E-state index in [9.17, 15) is 4.79 Å². The van der Waals surface area contributed by atoms with Crippen LogP contribution in [0.5, 0.6) is 0 Å². The molecule has 0 fully saturated rings. The highest BCUT2D eigenvalue weighted by molar-refractivity contribution is 5.80. The van der Waals surface area contributed by atoms with Crippen molar-refractivity contribution in [1.82, 2.24) is 9.78 Å². The summed E-state index contributed by atoms with van der Waals surface area (Å²) in [5.74, 6) is 0.226. The van der Waals surface area contributed by atoms with E-state index in [0.717, 1.165) is 25.0 Å². The zero-order valence-corrected chi connectivity index (χ0v) is 8.08. The Morgan fingerprint density at radius 1 is 1.69 bits per heavy atom. The highest BCUT2D eigenvalue weighted by atomic mass is 16.1. The van der Waals surface area contributed by atoms with Crippen molar-refractivity contribution in [2.45, 2.75) is 39.2 Å². The number of nitrogens with zero attached hydrogens (tertiary/aromatic N) is 2. The molecule has 0 amide bonds. The van der Waals surface area contributed by atoms with Gasteiger partial charge in [-0.15, -0.1) is 0 Å². The third kappa shape index (κ3) is 1.39. The maximum atomic E-state index is 11.3. The first-order valence-electron chi connectivity index (χ1n) is 4.74. The first kappa shape index (κ1) is 8.48. The first-order valence-corrected chi connectivity index (χ1v) is 4.74. The van der Waals surface area contributed by atoms with Crippen molar-refractivity contribution in [2.24, 2.45) is 0 Å². The maximum absolute atomic E-state index is 11.3. The Labute approximate surface area is 77.7 Å². The van der Waals surface area contributed by atoms with Crippen molar-refractivity contribution in [3.8, 4) is 0 Å². The van der Waals surface area contributed by atoms with Crippen LogP contribution >= 0.6 is 0 Å². The summed E-state index contributed by atoms with van der Waals surface area (Å²) < 4.78 is 1.90. The largest absolute Gasteiger partial charge is 0.298 e. The summed E-state index contributed by atoms with van der Waals surface area (Å²) in [6.07, 6.45) is 3.11. The Morgan fingerprint density at radius 2 is 2.46 bits per heavy atom. The van der Waals surface area contributed by atoms with Gasteiger partial charge in [0.15, 0.2) is 5.78 Å². The molecule has 2 heterocycles. The molecular formula is C10H14N2O. The van der Waals surface area contributed by atoms with Gasteiger partial charge in [-0.3, -0.25) is 9.48 Å². The van der Waals surface area contributed by atoms with Crippen LogP contribution < -0.4 is 0 Å². The Hall–Kier alpha value is -1.12. The van der Waals surface area contributed by atoms with Gasteiger partial charge in [0.2, 0.25) is 0 Å². The molecule has 0 aromatic carbocycles. The molecule has 1 aromatic heterocycles. The van der Waals surface area contributed by atoms with Crippen molar-refractivity contribution < 1.29 is 4.79 Å². The van der Waals surface area contributed by atoms with E-state index in [-0.39, 0.29) is 11.8 Å². The van der Waals surface area contributed by atoms with E-state index in [1.54, 1.807) is 6.92 Å². The number of aromatic nitrogens is 2. The third-order valence-corrected chi connectivity index (χ3v) is 2.61. The molecule has 0 saturated carbocycles. The second kappa shape index (κ2) is 2.98. The lowest BCUT2D eigenvalue weighted by molar-refractivity contribution is -0.120. The number of rotatable bonds is 1. The fourth-order valence-corrected chi connectivity index (χ4v) is 2.00. The average Bonchev–Trinajstić information content (AvgIpc) is 2.43. The van der Waals surface area contributed by atoms with E-state index in [0.29, 0.717) is 0 Å². The molecule has 0 N–H and O–H groups in total. The Morgan fingerprint density at radius 3 is 3.15 bits per heavy atom. The highest BCUT2D eigenvalue weighted by Crippen LogP contribution is 2.25. The summed E-state index contributed by atoms with van der Waals surface area (Å²) in [7, 11) is 0. The van der Waals surface area contributed by atoms with Crippen LogP contribution in [-0.2, 0) is 11.2 Å². The molecule has 3 heteroatoms. The lowest BCUT2D eigenvalue weighted by Crippen LogP contribution is -2.24. The zero-order valence-electron chi connectivity index (χ0n) is 8.08. The van der Waals surface area contributed by atoms with Crippen LogP contribution in [0.25, 0.3) is 0 Å². The molecule has 0 aliphatic carbocycles. The van der Waals surface area contributed by atoms with Crippen LogP contribution in [0.1, 0.15) is 37.2 Å². The van der Waals surface area contributed by atoms with Crippen LogP contribution in [0.4, 0.5) is 0 Å². The molecule has 3 nitrogen and oxygen atoms in total. The standard InChI is InChI=1S/C10H14N2O/c1-7-6-9-4-3-5-10(8(2)13)12(9)11-7/h6,10H,3-5H2,1-2H3. The summed E-state index contributed by atoms with van der Waals surface area (Å²) >= 11 is 0. The van der Waals surface area contributed by atoms with Crippen LogP contribution in [0, 0.1) is 6.92 Å². The van der Waals surface area contributed by atoms with Gasteiger partial charge in [-0.05, 0) is 39.2 Å². The minimum absolute atomic E-state index is 0.00236. The fraction of sp³-hybridized carbons (Fsp3) is 0.600. The minimum atomic E-state index is -0.00236. The van der Waals surface area contributed by atoms with E-state index in [4.69, 9.17) is 0 Å². The summed E-state index contributed by atoms with van der Waals surface area (Å²) in [5.41, 5.74) is 2.23. The number of Topliss-reactive ketones (excluding diaryl/α,β-unsaturated/α-hetero) is 1. The van der Waals surface area contributed by atoms with E-state index in [1.807, 2.05) is 11.6 Å². The quantitative estimate of drug-likeness (QED) is 0.655. The molecule has 0 bridgehead atoms. The first-order chi connectivity index (χ1) is 6.18. The molecular weight excluding hydrogens is 164 g/mol. The Bertz CT molecular complexity index is 341. The van der Waals surface area contributed by atoms with E-state index < -0.39 is 0 Å². The number of carbonyl (C=O) groups is 1. The molecule has 0 spiro atoms. The average molecular weight is 178 g/mol. The number of fused-ring (bicyclic) bond motifs is 1. The van der Waals surface area contributed by atoms with Gasteiger partial charge in [0, 0.05) is 5.69 Å². The van der Waals surface area contributed by atoms with E-state index >= 15 is 0 Å². The van der Waals surface area contributed by atoms with Crippen molar-refractivity contribution in [2.75, 3.05) is 0 Å². The van der Waals surface area contributed by atoms with Gasteiger partial charge in [-0.2, -0.15) is 5.10 Å². The summed E-state index contributed by atoms with van der Waals surface area (Å²) in [6, 6.07) is 2.08. The summed E-state index contributed by atoms with van der Waals surface area (Å²) in [5, 5.41) is 4.35. The van der Waals surface area contributed by atoms with Crippen LogP contribution in [0.15, 0.2) is 6.07 Å². The molecule has 0 radical (unpaired) electrons. The third-order valence-electron chi connectivity index (χ3n) is 2.61. The molecule has 0 saturated heterocycles. The van der Waals surface area contributed by atoms with Crippen molar-refractivity contribution >= 4 is 5.78 Å². The monoisotopic (exact) mass is 178 g/mol.